The minimum atomic E-state index is -3.76. The van der Waals surface area contributed by atoms with E-state index in [2.05, 4.69) is 15.0 Å². The lowest BCUT2D eigenvalue weighted by Gasteiger charge is -2.30. The molecule has 2 heterocycles. The van der Waals surface area contributed by atoms with Gasteiger partial charge in [0.1, 0.15) is 15.8 Å². The van der Waals surface area contributed by atoms with Crippen molar-refractivity contribution < 1.29 is 26.7 Å². The molecule has 168 valence electrons. The number of pyridine rings is 1. The predicted molar refractivity (Wildman–Crippen MR) is 111 cm³/mol. The van der Waals surface area contributed by atoms with Gasteiger partial charge >= 0.3 is 6.61 Å². The smallest absolute Gasteiger partial charge is 0.387 e. The van der Waals surface area contributed by atoms with Gasteiger partial charge in [0, 0.05) is 31.7 Å². The fourth-order valence-corrected chi connectivity index (χ4v) is 5.27. The number of ether oxygens (including phenoxy) is 1. The average molecular weight is 474 g/mol. The highest BCUT2D eigenvalue weighted by molar-refractivity contribution is 7.89. The first-order chi connectivity index (χ1) is 14.8. The number of nitrogens with zero attached hydrogens (tertiary/aromatic N) is 2. The highest BCUT2D eigenvalue weighted by Gasteiger charge is 2.33. The van der Waals surface area contributed by atoms with Crippen LogP contribution in [0.5, 0.6) is 5.75 Å². The van der Waals surface area contributed by atoms with Gasteiger partial charge in [-0.05, 0) is 49.1 Å². The van der Waals surface area contributed by atoms with Crippen LogP contribution in [0.2, 0.25) is 5.15 Å². The summed E-state index contributed by atoms with van der Waals surface area (Å²) < 4.78 is 55.5. The fraction of sp³-hybridized carbons (Fsp3) is 0.400. The molecule has 1 amide bonds. The zero-order valence-electron chi connectivity index (χ0n) is 16.5. The van der Waals surface area contributed by atoms with Crippen LogP contribution in [0.15, 0.2) is 47.5 Å². The molecule has 0 aliphatic carbocycles. The standard InChI is InChI=1S/C20H22ClF2N3O4S/c21-18-17(2-1-10-24-18)31(28,29)26-12-8-15(9-13-26)19(27)25-11-7-14-3-5-16(6-4-14)30-20(22)23/h1-6,10,15,20H,7-9,11-13H2,(H,25,27). The Morgan fingerprint density at radius 1 is 1.23 bits per heavy atom. The van der Waals surface area contributed by atoms with Gasteiger partial charge in [0.15, 0.2) is 0 Å². The van der Waals surface area contributed by atoms with Crippen molar-refractivity contribution in [2.45, 2.75) is 30.8 Å². The normalized spacial score (nSPS) is 15.7. The van der Waals surface area contributed by atoms with Crippen LogP contribution in [0, 0.1) is 5.92 Å². The summed E-state index contributed by atoms with van der Waals surface area (Å²) in [5, 5.41) is 2.78. The van der Waals surface area contributed by atoms with E-state index in [1.807, 2.05) is 0 Å². The summed E-state index contributed by atoms with van der Waals surface area (Å²) in [5.41, 5.74) is 0.871. The Labute approximate surface area is 184 Å². The zero-order valence-corrected chi connectivity index (χ0v) is 18.1. The molecule has 7 nitrogen and oxygen atoms in total. The molecule has 31 heavy (non-hydrogen) atoms. The van der Waals surface area contributed by atoms with Crippen molar-refractivity contribution in [1.82, 2.24) is 14.6 Å². The molecule has 11 heteroatoms. The molecule has 1 fully saturated rings. The van der Waals surface area contributed by atoms with Gasteiger partial charge in [-0.2, -0.15) is 13.1 Å². The van der Waals surface area contributed by atoms with E-state index >= 15 is 0 Å². The van der Waals surface area contributed by atoms with E-state index in [0.29, 0.717) is 25.8 Å². The molecule has 1 aliphatic rings. The Balaban J connectivity index is 1.45. The van der Waals surface area contributed by atoms with E-state index in [4.69, 9.17) is 11.6 Å². The van der Waals surface area contributed by atoms with Crippen molar-refractivity contribution in [2.75, 3.05) is 19.6 Å². The number of benzene rings is 1. The quantitative estimate of drug-likeness (QED) is 0.595. The molecule has 3 rings (SSSR count). The molecule has 1 aliphatic heterocycles. The van der Waals surface area contributed by atoms with Crippen LogP contribution in [0.1, 0.15) is 18.4 Å². The van der Waals surface area contributed by atoms with Gasteiger partial charge in [-0.3, -0.25) is 4.79 Å². The van der Waals surface area contributed by atoms with E-state index in [-0.39, 0.29) is 40.7 Å². The molecular formula is C20H22ClF2N3O4S. The van der Waals surface area contributed by atoms with Crippen LogP contribution in [-0.4, -0.2) is 49.9 Å². The maximum absolute atomic E-state index is 12.7. The minimum Gasteiger partial charge on any atom is -0.435 e. The second-order valence-corrected chi connectivity index (χ2v) is 9.30. The van der Waals surface area contributed by atoms with Gasteiger partial charge in [0.25, 0.3) is 0 Å². The van der Waals surface area contributed by atoms with Gasteiger partial charge in [-0.25, -0.2) is 13.4 Å². The fourth-order valence-electron chi connectivity index (χ4n) is 3.37. The first kappa shape index (κ1) is 23.4. The number of piperidine rings is 1. The van der Waals surface area contributed by atoms with Crippen molar-refractivity contribution in [3.63, 3.8) is 0 Å². The number of amides is 1. The number of carbonyl (C=O) groups excluding carboxylic acids is 1. The van der Waals surface area contributed by atoms with Crippen molar-refractivity contribution in [1.29, 1.82) is 0 Å². The monoisotopic (exact) mass is 473 g/mol. The van der Waals surface area contributed by atoms with E-state index < -0.39 is 16.6 Å². The molecule has 1 aromatic heterocycles. The number of nitrogens with one attached hydrogen (secondary N) is 1. The minimum absolute atomic E-state index is 0.0375. The largest absolute Gasteiger partial charge is 0.435 e. The molecule has 1 saturated heterocycles. The van der Waals surface area contributed by atoms with Crippen molar-refractivity contribution >= 4 is 27.5 Å². The molecule has 0 unspecified atom stereocenters. The summed E-state index contributed by atoms with van der Waals surface area (Å²) in [7, 11) is -3.76. The van der Waals surface area contributed by atoms with Gasteiger partial charge in [-0.1, -0.05) is 23.7 Å². The second-order valence-electron chi connectivity index (χ2n) is 7.03. The number of carbonyl (C=O) groups is 1. The molecule has 0 bridgehead atoms. The number of rotatable bonds is 8. The molecule has 2 aromatic rings. The van der Waals surface area contributed by atoms with Gasteiger partial charge in [-0.15, -0.1) is 0 Å². The van der Waals surface area contributed by atoms with Crippen molar-refractivity contribution in [3.8, 4) is 5.75 Å². The summed E-state index contributed by atoms with van der Waals surface area (Å²) in [5.74, 6) is -0.330. The molecule has 1 N–H and O–H groups in total. The Bertz CT molecular complexity index is 998. The van der Waals surface area contributed by atoms with Crippen LogP contribution in [-0.2, 0) is 21.2 Å². The summed E-state index contributed by atoms with van der Waals surface area (Å²) in [6.07, 6.45) is 2.77. The first-order valence-electron chi connectivity index (χ1n) is 9.69. The Morgan fingerprint density at radius 2 is 1.90 bits per heavy atom. The highest BCUT2D eigenvalue weighted by atomic mass is 35.5. The van der Waals surface area contributed by atoms with Crippen LogP contribution in [0.25, 0.3) is 0 Å². The lowest BCUT2D eigenvalue weighted by molar-refractivity contribution is -0.126. The third-order valence-corrected chi connectivity index (χ3v) is 7.37. The third-order valence-electron chi connectivity index (χ3n) is 5.03. The van der Waals surface area contributed by atoms with Crippen molar-refractivity contribution in [3.05, 3.63) is 53.3 Å². The number of hydrogen-bond donors (Lipinski definition) is 1. The Kier molecular flexibility index (Phi) is 7.79. The Hall–Kier alpha value is -2.30. The molecule has 0 atom stereocenters. The summed E-state index contributed by atoms with van der Waals surface area (Å²) in [4.78, 5) is 16.2. The van der Waals surface area contributed by atoms with Crippen LogP contribution in [0.4, 0.5) is 8.78 Å². The lowest BCUT2D eigenvalue weighted by atomic mass is 9.97. The number of alkyl halides is 2. The molecule has 0 radical (unpaired) electrons. The second kappa shape index (κ2) is 10.3. The summed E-state index contributed by atoms with van der Waals surface area (Å²) in [6, 6.07) is 9.16. The maximum atomic E-state index is 12.7. The topological polar surface area (TPSA) is 88.6 Å². The lowest BCUT2D eigenvalue weighted by Crippen LogP contribution is -2.43. The highest BCUT2D eigenvalue weighted by Crippen LogP contribution is 2.27. The number of hydrogen-bond acceptors (Lipinski definition) is 5. The molecule has 0 spiro atoms. The van der Waals surface area contributed by atoms with Crippen LogP contribution in [0.3, 0.4) is 0 Å². The van der Waals surface area contributed by atoms with Crippen LogP contribution < -0.4 is 10.1 Å². The van der Waals surface area contributed by atoms with Crippen LogP contribution >= 0.6 is 11.6 Å². The molecular weight excluding hydrogens is 452 g/mol. The summed E-state index contributed by atoms with van der Waals surface area (Å²) >= 11 is 5.92. The van der Waals surface area contributed by atoms with Crippen molar-refractivity contribution in [2.24, 2.45) is 5.92 Å². The third kappa shape index (κ3) is 6.11. The van der Waals surface area contributed by atoms with E-state index in [1.54, 1.807) is 12.1 Å². The van der Waals surface area contributed by atoms with E-state index in [1.165, 1.54) is 34.8 Å². The SMILES string of the molecule is O=C(NCCc1ccc(OC(F)F)cc1)C1CCN(S(=O)(=O)c2cccnc2Cl)CC1. The average Bonchev–Trinajstić information content (AvgIpc) is 2.75. The maximum Gasteiger partial charge on any atom is 0.387 e. The summed E-state index contributed by atoms with van der Waals surface area (Å²) in [6.45, 7) is -2.04. The number of aromatic nitrogens is 1. The molecule has 0 saturated carbocycles. The predicted octanol–water partition coefficient (Wildman–Crippen LogP) is 3.10. The first-order valence-corrected chi connectivity index (χ1v) is 11.5. The Morgan fingerprint density at radius 3 is 2.52 bits per heavy atom. The van der Waals surface area contributed by atoms with E-state index in [9.17, 15) is 22.0 Å². The number of halogens is 3. The number of sulfonamides is 1. The van der Waals surface area contributed by atoms with E-state index in [0.717, 1.165) is 5.56 Å². The van der Waals surface area contributed by atoms with Gasteiger partial charge in [0.2, 0.25) is 15.9 Å². The van der Waals surface area contributed by atoms with Gasteiger partial charge < -0.3 is 10.1 Å². The van der Waals surface area contributed by atoms with Gasteiger partial charge in [0.05, 0.1) is 0 Å². The molecule has 1 aromatic carbocycles. The zero-order chi connectivity index (χ0) is 22.4.